The SMILES string of the molecule is CC(C)Oc1ccccc1[C@@H](C)Nc1cc(C(N)=O)c2ccccc2n1. The van der Waals surface area contributed by atoms with Gasteiger partial charge in [0.2, 0.25) is 5.91 Å². The van der Waals surface area contributed by atoms with E-state index in [0.29, 0.717) is 11.4 Å². The topological polar surface area (TPSA) is 77.2 Å². The molecule has 2 aromatic carbocycles. The Morgan fingerprint density at radius 1 is 1.08 bits per heavy atom. The Balaban J connectivity index is 1.95. The number of anilines is 1. The zero-order chi connectivity index (χ0) is 18.7. The first-order valence-corrected chi connectivity index (χ1v) is 8.67. The maximum Gasteiger partial charge on any atom is 0.249 e. The van der Waals surface area contributed by atoms with Gasteiger partial charge in [-0.2, -0.15) is 0 Å². The van der Waals surface area contributed by atoms with Crippen molar-refractivity contribution < 1.29 is 9.53 Å². The number of pyridine rings is 1. The van der Waals surface area contributed by atoms with Gasteiger partial charge in [0.1, 0.15) is 11.6 Å². The van der Waals surface area contributed by atoms with Crippen LogP contribution in [-0.4, -0.2) is 17.0 Å². The second-order valence-corrected chi connectivity index (χ2v) is 6.51. The van der Waals surface area contributed by atoms with E-state index in [9.17, 15) is 4.79 Å². The lowest BCUT2D eigenvalue weighted by Gasteiger charge is -2.20. The van der Waals surface area contributed by atoms with Crippen LogP contribution in [-0.2, 0) is 0 Å². The fourth-order valence-corrected chi connectivity index (χ4v) is 2.95. The maximum atomic E-state index is 11.8. The number of hydrogen-bond donors (Lipinski definition) is 2. The highest BCUT2D eigenvalue weighted by Gasteiger charge is 2.15. The Labute approximate surface area is 153 Å². The fourth-order valence-electron chi connectivity index (χ4n) is 2.95. The van der Waals surface area contributed by atoms with Crippen LogP contribution in [0.3, 0.4) is 0 Å². The average molecular weight is 349 g/mol. The number of carbonyl (C=O) groups is 1. The highest BCUT2D eigenvalue weighted by atomic mass is 16.5. The number of primary amides is 1. The van der Waals surface area contributed by atoms with Gasteiger partial charge in [0, 0.05) is 10.9 Å². The number of nitrogens with zero attached hydrogens (tertiary/aromatic N) is 1. The summed E-state index contributed by atoms with van der Waals surface area (Å²) in [5, 5.41) is 4.11. The molecule has 1 aromatic heterocycles. The minimum Gasteiger partial charge on any atom is -0.491 e. The molecule has 5 nitrogen and oxygen atoms in total. The van der Waals surface area contributed by atoms with E-state index >= 15 is 0 Å². The van der Waals surface area contributed by atoms with Crippen molar-refractivity contribution in [2.45, 2.75) is 32.9 Å². The minimum absolute atomic E-state index is 0.0562. The Hall–Kier alpha value is -3.08. The van der Waals surface area contributed by atoms with Gasteiger partial charge in [0.05, 0.1) is 23.2 Å². The van der Waals surface area contributed by atoms with E-state index in [2.05, 4.69) is 10.3 Å². The van der Waals surface area contributed by atoms with Gasteiger partial charge in [-0.3, -0.25) is 4.79 Å². The van der Waals surface area contributed by atoms with Gasteiger partial charge in [-0.15, -0.1) is 0 Å². The van der Waals surface area contributed by atoms with E-state index in [1.54, 1.807) is 6.07 Å². The summed E-state index contributed by atoms with van der Waals surface area (Å²) in [6.07, 6.45) is 0.0867. The molecule has 3 rings (SSSR count). The van der Waals surface area contributed by atoms with Crippen LogP contribution in [0.1, 0.15) is 42.7 Å². The lowest BCUT2D eigenvalue weighted by Crippen LogP contribution is -2.15. The summed E-state index contributed by atoms with van der Waals surface area (Å²) in [6.45, 7) is 6.03. The van der Waals surface area contributed by atoms with Crippen LogP contribution in [0.2, 0.25) is 0 Å². The van der Waals surface area contributed by atoms with Crippen LogP contribution in [0, 0.1) is 0 Å². The number of nitrogens with one attached hydrogen (secondary N) is 1. The number of amides is 1. The predicted molar refractivity (Wildman–Crippen MR) is 105 cm³/mol. The Bertz CT molecular complexity index is 937. The highest BCUT2D eigenvalue weighted by Crippen LogP contribution is 2.29. The van der Waals surface area contributed by atoms with Crippen molar-refractivity contribution in [3.05, 3.63) is 65.7 Å². The van der Waals surface area contributed by atoms with Gasteiger partial charge in [-0.1, -0.05) is 36.4 Å². The lowest BCUT2D eigenvalue weighted by atomic mass is 10.1. The molecule has 0 aliphatic rings. The summed E-state index contributed by atoms with van der Waals surface area (Å²) in [5.41, 5.74) is 7.76. The molecule has 0 spiro atoms. The number of hydrogen-bond acceptors (Lipinski definition) is 4. The first-order chi connectivity index (χ1) is 12.5. The van der Waals surface area contributed by atoms with E-state index in [-0.39, 0.29) is 12.1 Å². The number of benzene rings is 2. The molecule has 0 saturated carbocycles. The summed E-state index contributed by atoms with van der Waals surface area (Å²) in [6, 6.07) is 17.0. The van der Waals surface area contributed by atoms with Crippen LogP contribution < -0.4 is 15.8 Å². The summed E-state index contributed by atoms with van der Waals surface area (Å²) in [5.74, 6) is 0.964. The van der Waals surface area contributed by atoms with Crippen molar-refractivity contribution in [2.75, 3.05) is 5.32 Å². The molecule has 0 aliphatic carbocycles. The van der Waals surface area contributed by atoms with Crippen molar-refractivity contribution in [2.24, 2.45) is 5.73 Å². The van der Waals surface area contributed by atoms with E-state index < -0.39 is 5.91 Å². The molecule has 1 heterocycles. The summed E-state index contributed by atoms with van der Waals surface area (Å²) >= 11 is 0. The molecule has 1 amide bonds. The van der Waals surface area contributed by atoms with Crippen molar-refractivity contribution >= 4 is 22.6 Å². The van der Waals surface area contributed by atoms with Crippen LogP contribution in [0.4, 0.5) is 5.82 Å². The molecule has 3 aromatic rings. The lowest BCUT2D eigenvalue weighted by molar-refractivity contribution is 0.100. The summed E-state index contributed by atoms with van der Waals surface area (Å²) in [4.78, 5) is 16.5. The molecule has 26 heavy (non-hydrogen) atoms. The quantitative estimate of drug-likeness (QED) is 0.696. The summed E-state index contributed by atoms with van der Waals surface area (Å²) in [7, 11) is 0. The van der Waals surface area contributed by atoms with Crippen molar-refractivity contribution in [1.29, 1.82) is 0 Å². The molecule has 0 bridgehead atoms. The molecule has 134 valence electrons. The first-order valence-electron chi connectivity index (χ1n) is 8.67. The van der Waals surface area contributed by atoms with Crippen molar-refractivity contribution in [3.8, 4) is 5.75 Å². The third kappa shape index (κ3) is 3.77. The zero-order valence-electron chi connectivity index (χ0n) is 15.2. The number of ether oxygens (including phenoxy) is 1. The van der Waals surface area contributed by atoms with E-state index in [4.69, 9.17) is 10.5 Å². The number of para-hydroxylation sites is 2. The Kier molecular flexibility index (Phi) is 5.07. The Morgan fingerprint density at radius 3 is 2.50 bits per heavy atom. The van der Waals surface area contributed by atoms with Crippen LogP contribution in [0.25, 0.3) is 10.9 Å². The molecule has 0 saturated heterocycles. The molecule has 0 aliphatic heterocycles. The molecular weight excluding hydrogens is 326 g/mol. The number of aromatic nitrogens is 1. The molecule has 0 unspecified atom stereocenters. The van der Waals surface area contributed by atoms with Gasteiger partial charge < -0.3 is 15.8 Å². The normalized spacial score (nSPS) is 12.2. The third-order valence-corrected chi connectivity index (χ3v) is 4.09. The number of fused-ring (bicyclic) bond motifs is 1. The molecule has 5 heteroatoms. The van der Waals surface area contributed by atoms with Gasteiger partial charge >= 0.3 is 0 Å². The monoisotopic (exact) mass is 349 g/mol. The standard InChI is InChI=1S/C21H23N3O2/c1-13(2)26-19-11-7-5-8-15(19)14(3)23-20-12-17(21(22)25)16-9-4-6-10-18(16)24-20/h4-14H,1-3H3,(H2,22,25)(H,23,24)/t14-/m1/s1. The van der Waals surface area contributed by atoms with E-state index in [1.165, 1.54) is 0 Å². The van der Waals surface area contributed by atoms with Gasteiger partial charge in [0.25, 0.3) is 0 Å². The van der Waals surface area contributed by atoms with E-state index in [1.807, 2.05) is 69.3 Å². The van der Waals surface area contributed by atoms with Crippen molar-refractivity contribution in [3.63, 3.8) is 0 Å². The number of rotatable bonds is 6. The third-order valence-electron chi connectivity index (χ3n) is 4.09. The maximum absolute atomic E-state index is 11.8. The fraction of sp³-hybridized carbons (Fsp3) is 0.238. The Morgan fingerprint density at radius 2 is 1.77 bits per heavy atom. The second-order valence-electron chi connectivity index (χ2n) is 6.51. The molecule has 3 N–H and O–H groups in total. The van der Waals surface area contributed by atoms with Crippen molar-refractivity contribution in [1.82, 2.24) is 4.98 Å². The van der Waals surface area contributed by atoms with E-state index in [0.717, 1.165) is 22.2 Å². The van der Waals surface area contributed by atoms with Gasteiger partial charge in [-0.05, 0) is 39.0 Å². The largest absolute Gasteiger partial charge is 0.491 e. The van der Waals surface area contributed by atoms with Gasteiger partial charge in [0.15, 0.2) is 0 Å². The smallest absolute Gasteiger partial charge is 0.249 e. The summed E-state index contributed by atoms with van der Waals surface area (Å²) < 4.78 is 5.90. The predicted octanol–water partition coefficient (Wildman–Crippen LogP) is 4.29. The van der Waals surface area contributed by atoms with Crippen LogP contribution in [0.15, 0.2) is 54.6 Å². The van der Waals surface area contributed by atoms with Crippen LogP contribution in [0.5, 0.6) is 5.75 Å². The molecule has 0 radical (unpaired) electrons. The van der Waals surface area contributed by atoms with Gasteiger partial charge in [-0.25, -0.2) is 4.98 Å². The van der Waals surface area contributed by atoms with Crippen LogP contribution >= 0.6 is 0 Å². The second kappa shape index (κ2) is 7.44. The number of nitrogens with two attached hydrogens (primary N) is 1. The highest BCUT2D eigenvalue weighted by molar-refractivity contribution is 6.06. The molecule has 0 fully saturated rings. The number of carbonyl (C=O) groups excluding carboxylic acids is 1. The first kappa shape index (κ1) is 17.7. The molecular formula is C21H23N3O2. The average Bonchev–Trinajstić information content (AvgIpc) is 2.60. The molecule has 1 atom stereocenters. The zero-order valence-corrected chi connectivity index (χ0v) is 15.2. The minimum atomic E-state index is -0.470.